The molecule has 0 saturated carbocycles. The second kappa shape index (κ2) is 7.29. The van der Waals surface area contributed by atoms with Crippen LogP contribution < -0.4 is 15.5 Å². The number of amides is 2. The van der Waals surface area contributed by atoms with Crippen molar-refractivity contribution in [2.75, 3.05) is 23.3 Å². The number of carbonyl (C=O) groups excluding carboxylic acids is 1. The summed E-state index contributed by atoms with van der Waals surface area (Å²) in [4.78, 5) is 18.1. The number of urea groups is 1. The van der Waals surface area contributed by atoms with Gasteiger partial charge in [-0.3, -0.25) is 4.68 Å². The summed E-state index contributed by atoms with van der Waals surface area (Å²) in [5, 5.41) is 9.49. The highest BCUT2D eigenvalue weighted by Gasteiger charge is 2.15. The smallest absolute Gasteiger partial charge is 0.319 e. The van der Waals surface area contributed by atoms with Crippen LogP contribution >= 0.6 is 0 Å². The molecule has 1 fully saturated rings. The van der Waals surface area contributed by atoms with Crippen LogP contribution in [0, 0.1) is 5.82 Å². The van der Waals surface area contributed by atoms with Crippen LogP contribution in [0.4, 0.5) is 20.6 Å². The largest absolute Gasteiger partial charge is 0.371 e. The molecule has 0 unspecified atom stereocenters. The molecule has 2 aromatic rings. The van der Waals surface area contributed by atoms with E-state index in [9.17, 15) is 9.18 Å². The minimum atomic E-state index is -0.374. The number of anilines is 2. The van der Waals surface area contributed by atoms with Gasteiger partial charge in [-0.1, -0.05) is 0 Å². The Morgan fingerprint density at radius 3 is 2.83 bits per heavy atom. The van der Waals surface area contributed by atoms with Gasteiger partial charge in [-0.15, -0.1) is 0 Å². The van der Waals surface area contributed by atoms with Gasteiger partial charge in [0.05, 0.1) is 6.54 Å². The third-order valence-corrected chi connectivity index (χ3v) is 3.92. The zero-order chi connectivity index (χ0) is 16.9. The lowest BCUT2D eigenvalue weighted by molar-refractivity contribution is 0.247. The molecule has 0 spiro atoms. The summed E-state index contributed by atoms with van der Waals surface area (Å²) < 4.78 is 15.5. The molecule has 3 rings (SSSR count). The van der Waals surface area contributed by atoms with Crippen molar-refractivity contribution in [3.63, 3.8) is 0 Å². The van der Waals surface area contributed by atoms with E-state index in [4.69, 9.17) is 0 Å². The fraction of sp³-hybridized carbons (Fsp3) is 0.438. The van der Waals surface area contributed by atoms with Crippen molar-refractivity contribution in [3.8, 4) is 0 Å². The molecule has 2 amide bonds. The average Bonchev–Trinajstić information content (AvgIpc) is 3.19. The minimum absolute atomic E-state index is 0.140. The fourth-order valence-corrected chi connectivity index (χ4v) is 2.85. The van der Waals surface area contributed by atoms with Crippen molar-refractivity contribution < 1.29 is 9.18 Å². The van der Waals surface area contributed by atoms with E-state index in [1.54, 1.807) is 17.1 Å². The maximum Gasteiger partial charge on any atom is 0.319 e. The first-order valence-corrected chi connectivity index (χ1v) is 8.05. The Hall–Kier alpha value is -2.64. The minimum Gasteiger partial charge on any atom is -0.371 e. The van der Waals surface area contributed by atoms with Gasteiger partial charge in [-0.2, -0.15) is 5.10 Å². The van der Waals surface area contributed by atoms with Gasteiger partial charge in [-0.05, 0) is 38.0 Å². The first kappa shape index (κ1) is 16.2. The van der Waals surface area contributed by atoms with Gasteiger partial charge >= 0.3 is 6.03 Å². The average molecular weight is 332 g/mol. The van der Waals surface area contributed by atoms with Gasteiger partial charge in [0.2, 0.25) is 0 Å². The third kappa shape index (κ3) is 4.21. The summed E-state index contributed by atoms with van der Waals surface area (Å²) in [6.07, 6.45) is 5.25. The van der Waals surface area contributed by atoms with E-state index < -0.39 is 0 Å². The number of carbonyl (C=O) groups is 1. The third-order valence-electron chi connectivity index (χ3n) is 3.92. The quantitative estimate of drug-likeness (QED) is 0.880. The van der Waals surface area contributed by atoms with Crippen molar-refractivity contribution in [1.29, 1.82) is 0 Å². The van der Waals surface area contributed by atoms with E-state index in [2.05, 4.69) is 25.6 Å². The number of rotatable bonds is 5. The lowest BCUT2D eigenvalue weighted by Crippen LogP contribution is -2.38. The van der Waals surface area contributed by atoms with Gasteiger partial charge in [0, 0.05) is 30.5 Å². The van der Waals surface area contributed by atoms with E-state index in [1.165, 1.54) is 18.5 Å². The van der Waals surface area contributed by atoms with Crippen molar-refractivity contribution in [2.45, 2.75) is 32.4 Å². The fourth-order valence-electron chi connectivity index (χ4n) is 2.85. The number of halogens is 1. The van der Waals surface area contributed by atoms with Gasteiger partial charge in [0.25, 0.3) is 0 Å². The van der Waals surface area contributed by atoms with Crippen molar-refractivity contribution in [2.24, 2.45) is 0 Å². The molecule has 0 radical (unpaired) electrons. The second-order valence-electron chi connectivity index (χ2n) is 6.01. The van der Waals surface area contributed by atoms with Gasteiger partial charge in [-0.25, -0.2) is 14.2 Å². The maximum absolute atomic E-state index is 13.8. The summed E-state index contributed by atoms with van der Waals surface area (Å²) in [5.41, 5.74) is 1.25. The number of hydrogen-bond acceptors (Lipinski definition) is 4. The van der Waals surface area contributed by atoms with Gasteiger partial charge < -0.3 is 15.5 Å². The molecule has 128 valence electrons. The number of benzene rings is 1. The zero-order valence-corrected chi connectivity index (χ0v) is 13.6. The molecule has 1 saturated heterocycles. The highest BCUT2D eigenvalue weighted by Crippen LogP contribution is 2.25. The normalized spacial score (nSPS) is 15.3. The van der Waals surface area contributed by atoms with Crippen molar-refractivity contribution >= 4 is 17.4 Å². The molecule has 0 aliphatic carbocycles. The maximum atomic E-state index is 13.8. The highest BCUT2D eigenvalue weighted by molar-refractivity contribution is 5.90. The van der Waals surface area contributed by atoms with Crippen LogP contribution in [0.2, 0.25) is 0 Å². The first-order valence-electron chi connectivity index (χ1n) is 8.05. The van der Waals surface area contributed by atoms with Gasteiger partial charge in [0.1, 0.15) is 18.5 Å². The molecule has 1 aromatic heterocycles. The van der Waals surface area contributed by atoms with Crippen molar-refractivity contribution in [1.82, 2.24) is 20.1 Å². The molecule has 1 aliphatic heterocycles. The second-order valence-corrected chi connectivity index (χ2v) is 6.01. The summed E-state index contributed by atoms with van der Waals surface area (Å²) in [6, 6.07) is 4.11. The van der Waals surface area contributed by atoms with Crippen LogP contribution in [0.3, 0.4) is 0 Å². The lowest BCUT2D eigenvalue weighted by atomic mass is 10.2. The van der Waals surface area contributed by atoms with E-state index in [0.717, 1.165) is 31.6 Å². The molecule has 1 aliphatic rings. The molecule has 2 heterocycles. The van der Waals surface area contributed by atoms with E-state index in [-0.39, 0.29) is 17.9 Å². The first-order chi connectivity index (χ1) is 11.6. The summed E-state index contributed by atoms with van der Waals surface area (Å²) >= 11 is 0. The molecular formula is C16H21FN6O. The van der Waals surface area contributed by atoms with Crippen LogP contribution in [0.25, 0.3) is 0 Å². The number of nitrogens with one attached hydrogen (secondary N) is 2. The Bertz CT molecular complexity index is 684. The molecular weight excluding hydrogens is 311 g/mol. The predicted molar refractivity (Wildman–Crippen MR) is 89.5 cm³/mol. The Balaban J connectivity index is 1.59. The van der Waals surface area contributed by atoms with E-state index >= 15 is 0 Å². The number of hydrogen-bond donors (Lipinski definition) is 2. The molecule has 1 atom stereocenters. The van der Waals surface area contributed by atoms with Crippen molar-refractivity contribution in [3.05, 3.63) is 36.7 Å². The summed E-state index contributed by atoms with van der Waals surface area (Å²) in [6.45, 7) is 4.21. The summed E-state index contributed by atoms with van der Waals surface area (Å²) in [5.74, 6) is -0.356. The van der Waals surface area contributed by atoms with Crippen LogP contribution in [0.15, 0.2) is 30.9 Å². The van der Waals surface area contributed by atoms with E-state index in [0.29, 0.717) is 12.2 Å². The lowest BCUT2D eigenvalue weighted by Gasteiger charge is -2.19. The Kier molecular flexibility index (Phi) is 4.93. The van der Waals surface area contributed by atoms with Gasteiger partial charge in [0.15, 0.2) is 0 Å². The molecule has 7 nitrogen and oxygen atoms in total. The van der Waals surface area contributed by atoms with Crippen LogP contribution in [0.1, 0.15) is 19.8 Å². The van der Waals surface area contributed by atoms with Crippen LogP contribution in [-0.4, -0.2) is 39.9 Å². The summed E-state index contributed by atoms with van der Waals surface area (Å²) in [7, 11) is 0. The molecule has 0 bridgehead atoms. The molecule has 2 N–H and O–H groups in total. The molecule has 1 aromatic carbocycles. The Labute approximate surface area is 139 Å². The molecule has 24 heavy (non-hydrogen) atoms. The zero-order valence-electron chi connectivity index (χ0n) is 13.6. The monoisotopic (exact) mass is 332 g/mol. The highest BCUT2D eigenvalue weighted by atomic mass is 19.1. The topological polar surface area (TPSA) is 75.1 Å². The predicted octanol–water partition coefficient (Wildman–Crippen LogP) is 2.23. The van der Waals surface area contributed by atoms with Crippen LogP contribution in [-0.2, 0) is 6.54 Å². The van der Waals surface area contributed by atoms with Crippen LogP contribution in [0.5, 0.6) is 0 Å². The SMILES string of the molecule is C[C@H](Cn1cncn1)NC(=O)Nc1cc(F)cc(N2CCCC2)c1. The standard InChI is InChI=1S/C16H21FN6O/c1-12(9-23-11-18-10-19-23)20-16(24)21-14-6-13(17)7-15(8-14)22-4-2-3-5-22/h6-8,10-12H,2-5,9H2,1H3,(H2,20,21,24)/t12-/m1/s1. The van der Waals surface area contributed by atoms with E-state index in [1.807, 2.05) is 6.92 Å². The number of nitrogens with zero attached hydrogens (tertiary/aromatic N) is 4. The Morgan fingerprint density at radius 2 is 2.12 bits per heavy atom. The number of aromatic nitrogens is 3. The Morgan fingerprint density at radius 1 is 1.33 bits per heavy atom. The molecule has 8 heteroatoms.